The van der Waals surface area contributed by atoms with Gasteiger partial charge in [-0.2, -0.15) is 0 Å². The van der Waals surface area contributed by atoms with Crippen molar-refractivity contribution in [2.24, 2.45) is 0 Å². The number of anilines is 2. The van der Waals surface area contributed by atoms with Crippen molar-refractivity contribution >= 4 is 23.3 Å². The molecule has 0 aliphatic carbocycles. The number of halogens is 2. The van der Waals surface area contributed by atoms with Crippen LogP contribution in [0.5, 0.6) is 5.75 Å². The first-order valence-corrected chi connectivity index (χ1v) is 9.11. The Morgan fingerprint density at radius 3 is 2.57 bits per heavy atom. The van der Waals surface area contributed by atoms with Crippen molar-refractivity contribution in [2.75, 3.05) is 23.9 Å². The standard InChI is InChI=1S/C22H17F2N3O3/c1-12-8-17-18(30-11-20(28)27(17)2)9-14(12)13-6-7-19(25-10-13)26-22(29)21-15(23)4-3-5-16(21)24/h3-10H,11H2,1-2H3,(H,25,26,29). The zero-order chi connectivity index (χ0) is 21.4. The molecule has 6 nitrogen and oxygen atoms in total. The molecular formula is C22H17F2N3O3. The van der Waals surface area contributed by atoms with E-state index in [1.165, 1.54) is 6.07 Å². The van der Waals surface area contributed by atoms with E-state index in [-0.39, 0.29) is 18.3 Å². The second-order valence-electron chi connectivity index (χ2n) is 6.86. The van der Waals surface area contributed by atoms with Crippen LogP contribution in [0.15, 0.2) is 48.7 Å². The predicted molar refractivity (Wildman–Crippen MR) is 108 cm³/mol. The number of likely N-dealkylation sites (N-methyl/N-ethyl adjacent to an activating group) is 1. The summed E-state index contributed by atoms with van der Waals surface area (Å²) in [6, 6.07) is 10.2. The average molecular weight is 409 g/mol. The largest absolute Gasteiger partial charge is 0.482 e. The Morgan fingerprint density at radius 2 is 1.90 bits per heavy atom. The first kappa shape index (κ1) is 19.5. The third-order valence-electron chi connectivity index (χ3n) is 4.90. The van der Waals surface area contributed by atoms with Crippen LogP contribution in [0.25, 0.3) is 11.1 Å². The Hall–Kier alpha value is -3.81. The van der Waals surface area contributed by atoms with Crippen molar-refractivity contribution in [3.63, 3.8) is 0 Å². The van der Waals surface area contributed by atoms with E-state index >= 15 is 0 Å². The van der Waals surface area contributed by atoms with E-state index < -0.39 is 23.1 Å². The average Bonchev–Trinajstić information content (AvgIpc) is 2.71. The number of ether oxygens (including phenoxy) is 1. The molecule has 0 fully saturated rings. The highest BCUT2D eigenvalue weighted by molar-refractivity contribution is 6.04. The summed E-state index contributed by atoms with van der Waals surface area (Å²) in [5.41, 5.74) is 2.54. The first-order chi connectivity index (χ1) is 14.3. The lowest BCUT2D eigenvalue weighted by atomic mass is 10.00. The van der Waals surface area contributed by atoms with Crippen LogP contribution < -0.4 is 15.0 Å². The van der Waals surface area contributed by atoms with Crippen LogP contribution in [0.4, 0.5) is 20.3 Å². The van der Waals surface area contributed by atoms with E-state index in [4.69, 9.17) is 4.74 Å². The van der Waals surface area contributed by atoms with Crippen LogP contribution in [-0.2, 0) is 4.79 Å². The molecule has 0 bridgehead atoms. The summed E-state index contributed by atoms with van der Waals surface area (Å²) in [6.07, 6.45) is 1.54. The lowest BCUT2D eigenvalue weighted by Crippen LogP contribution is -2.35. The summed E-state index contributed by atoms with van der Waals surface area (Å²) in [4.78, 5) is 29.7. The minimum absolute atomic E-state index is 0.0260. The molecular weight excluding hydrogens is 392 g/mol. The van der Waals surface area contributed by atoms with Gasteiger partial charge in [0.2, 0.25) is 0 Å². The lowest BCUT2D eigenvalue weighted by Gasteiger charge is -2.27. The first-order valence-electron chi connectivity index (χ1n) is 9.11. The number of rotatable bonds is 3. The van der Waals surface area contributed by atoms with Gasteiger partial charge in [-0.25, -0.2) is 13.8 Å². The Kier molecular flexibility index (Phi) is 4.91. The van der Waals surface area contributed by atoms with Gasteiger partial charge in [-0.15, -0.1) is 0 Å². The number of pyridine rings is 1. The minimum Gasteiger partial charge on any atom is -0.482 e. The number of carbonyl (C=O) groups is 2. The van der Waals surface area contributed by atoms with Crippen molar-refractivity contribution in [1.82, 2.24) is 4.98 Å². The molecule has 152 valence electrons. The van der Waals surface area contributed by atoms with E-state index in [2.05, 4.69) is 10.3 Å². The van der Waals surface area contributed by atoms with Crippen molar-refractivity contribution < 1.29 is 23.1 Å². The second kappa shape index (κ2) is 7.55. The molecule has 4 rings (SSSR count). The van der Waals surface area contributed by atoms with Gasteiger partial charge in [-0.3, -0.25) is 9.59 Å². The Morgan fingerprint density at radius 1 is 1.17 bits per heavy atom. The SMILES string of the molecule is Cc1cc2c(cc1-c1ccc(NC(=O)c3c(F)cccc3F)nc1)OCC(=O)N2C. The second-order valence-corrected chi connectivity index (χ2v) is 6.86. The van der Waals surface area contributed by atoms with Crippen molar-refractivity contribution in [3.8, 4) is 16.9 Å². The van der Waals surface area contributed by atoms with Gasteiger partial charge in [0.1, 0.15) is 28.8 Å². The fourth-order valence-corrected chi connectivity index (χ4v) is 3.25. The molecule has 8 heteroatoms. The number of aromatic nitrogens is 1. The molecule has 2 heterocycles. The van der Waals surface area contributed by atoms with Gasteiger partial charge in [0.25, 0.3) is 11.8 Å². The normalized spacial score (nSPS) is 12.9. The van der Waals surface area contributed by atoms with Crippen LogP contribution in [-0.4, -0.2) is 30.5 Å². The molecule has 1 aliphatic heterocycles. The number of nitrogens with one attached hydrogen (secondary N) is 1. The highest BCUT2D eigenvalue weighted by Crippen LogP contribution is 2.37. The maximum atomic E-state index is 13.8. The highest BCUT2D eigenvalue weighted by atomic mass is 19.1. The number of nitrogens with zero attached hydrogens (tertiary/aromatic N) is 2. The topological polar surface area (TPSA) is 71.5 Å². The van der Waals surface area contributed by atoms with Crippen molar-refractivity contribution in [1.29, 1.82) is 0 Å². The number of benzene rings is 2. The monoisotopic (exact) mass is 409 g/mol. The summed E-state index contributed by atoms with van der Waals surface area (Å²) in [7, 11) is 1.69. The summed E-state index contributed by atoms with van der Waals surface area (Å²) in [5.74, 6) is -2.19. The van der Waals surface area contributed by atoms with Gasteiger partial charge in [-0.05, 0) is 54.4 Å². The quantitative estimate of drug-likeness (QED) is 0.711. The molecule has 2 amide bonds. The van der Waals surface area contributed by atoms with E-state index in [9.17, 15) is 18.4 Å². The predicted octanol–water partition coefficient (Wildman–Crippen LogP) is 3.94. The third-order valence-corrected chi connectivity index (χ3v) is 4.90. The lowest BCUT2D eigenvalue weighted by molar-refractivity contribution is -0.120. The molecule has 0 unspecified atom stereocenters. The van der Waals surface area contributed by atoms with Crippen LogP contribution in [0.1, 0.15) is 15.9 Å². The van der Waals surface area contributed by atoms with Gasteiger partial charge in [0, 0.05) is 18.8 Å². The summed E-state index contributed by atoms with van der Waals surface area (Å²) >= 11 is 0. The highest BCUT2D eigenvalue weighted by Gasteiger charge is 2.24. The van der Waals surface area contributed by atoms with E-state index in [1.54, 1.807) is 30.3 Å². The molecule has 0 radical (unpaired) electrons. The van der Waals surface area contributed by atoms with Gasteiger partial charge < -0.3 is 15.0 Å². The number of hydrogen-bond acceptors (Lipinski definition) is 4. The number of aryl methyl sites for hydroxylation is 1. The number of amides is 2. The van der Waals surface area contributed by atoms with Gasteiger partial charge in [-0.1, -0.05) is 6.07 Å². The van der Waals surface area contributed by atoms with Crippen LogP contribution in [0.3, 0.4) is 0 Å². The van der Waals surface area contributed by atoms with E-state index in [0.717, 1.165) is 28.8 Å². The maximum absolute atomic E-state index is 13.8. The zero-order valence-electron chi connectivity index (χ0n) is 16.2. The van der Waals surface area contributed by atoms with Gasteiger partial charge >= 0.3 is 0 Å². The third kappa shape index (κ3) is 3.47. The molecule has 0 atom stereocenters. The maximum Gasteiger partial charge on any atom is 0.264 e. The fraction of sp³-hybridized carbons (Fsp3) is 0.136. The van der Waals surface area contributed by atoms with Crippen molar-refractivity contribution in [3.05, 3.63) is 71.4 Å². The van der Waals surface area contributed by atoms with E-state index in [0.29, 0.717) is 11.4 Å². The van der Waals surface area contributed by atoms with Gasteiger partial charge in [0.15, 0.2) is 6.61 Å². The number of fused-ring (bicyclic) bond motifs is 1. The van der Waals surface area contributed by atoms with Crippen LogP contribution in [0.2, 0.25) is 0 Å². The number of carbonyl (C=O) groups excluding carboxylic acids is 2. The Balaban J connectivity index is 1.59. The summed E-state index contributed by atoms with van der Waals surface area (Å²) < 4.78 is 33.1. The smallest absolute Gasteiger partial charge is 0.264 e. The molecule has 3 aromatic rings. The van der Waals surface area contributed by atoms with Crippen LogP contribution in [0, 0.1) is 18.6 Å². The minimum atomic E-state index is -0.947. The molecule has 1 N–H and O–H groups in total. The Bertz CT molecular complexity index is 1140. The molecule has 0 saturated carbocycles. The van der Waals surface area contributed by atoms with Crippen LogP contribution >= 0.6 is 0 Å². The van der Waals surface area contributed by atoms with Gasteiger partial charge in [0.05, 0.1) is 5.69 Å². The molecule has 2 aromatic carbocycles. The molecule has 1 aromatic heterocycles. The Labute approximate surface area is 171 Å². The molecule has 0 spiro atoms. The van der Waals surface area contributed by atoms with E-state index in [1.807, 2.05) is 19.1 Å². The molecule has 0 saturated heterocycles. The van der Waals surface area contributed by atoms with Crippen molar-refractivity contribution in [2.45, 2.75) is 6.92 Å². The molecule has 30 heavy (non-hydrogen) atoms. The summed E-state index contributed by atoms with van der Waals surface area (Å²) in [5, 5.41) is 2.39. The fourth-order valence-electron chi connectivity index (χ4n) is 3.25. The zero-order valence-corrected chi connectivity index (χ0v) is 16.2. The molecule has 1 aliphatic rings. The number of hydrogen-bond donors (Lipinski definition) is 1. The summed E-state index contributed by atoms with van der Waals surface area (Å²) in [6.45, 7) is 1.88.